The van der Waals surface area contributed by atoms with Crippen LogP contribution in [0.1, 0.15) is 41.3 Å². The monoisotopic (exact) mass is 430 g/mol. The van der Waals surface area contributed by atoms with E-state index < -0.39 is 0 Å². The van der Waals surface area contributed by atoms with Gasteiger partial charge in [0.05, 0.1) is 12.1 Å². The minimum Gasteiger partial charge on any atom is -0.391 e. The molecule has 0 atom stereocenters. The number of amides is 1. The molecule has 3 aromatic heterocycles. The van der Waals surface area contributed by atoms with Gasteiger partial charge in [0.1, 0.15) is 34.5 Å². The van der Waals surface area contributed by atoms with E-state index in [-0.39, 0.29) is 5.91 Å². The molecule has 1 amide bonds. The lowest BCUT2D eigenvalue weighted by atomic mass is 10.1. The highest BCUT2D eigenvalue weighted by atomic mass is 16.2. The Kier molecular flexibility index (Phi) is 5.50. The van der Waals surface area contributed by atoms with Crippen molar-refractivity contribution in [3.63, 3.8) is 0 Å². The van der Waals surface area contributed by atoms with Gasteiger partial charge in [-0.2, -0.15) is 0 Å². The summed E-state index contributed by atoms with van der Waals surface area (Å²) in [4.78, 5) is 26.4. The molecule has 0 unspecified atom stereocenters. The van der Waals surface area contributed by atoms with Gasteiger partial charge in [0, 0.05) is 25.7 Å². The molecule has 0 bridgehead atoms. The molecule has 0 aliphatic carbocycles. The maximum absolute atomic E-state index is 13.4. The van der Waals surface area contributed by atoms with E-state index in [1.54, 1.807) is 4.90 Å². The van der Waals surface area contributed by atoms with Crippen LogP contribution in [0.3, 0.4) is 0 Å². The first kappa shape index (κ1) is 21.3. The molecule has 2 N–H and O–H groups in total. The van der Waals surface area contributed by atoms with Crippen molar-refractivity contribution in [1.29, 1.82) is 0 Å². The number of rotatable bonds is 6. The highest BCUT2D eigenvalue weighted by Crippen LogP contribution is 2.33. The van der Waals surface area contributed by atoms with Gasteiger partial charge in [-0.1, -0.05) is 12.6 Å². The molecule has 3 aromatic rings. The first-order chi connectivity index (χ1) is 15.4. The Bertz CT molecular complexity index is 1250. The molecule has 0 aromatic carbocycles. The van der Waals surface area contributed by atoms with Gasteiger partial charge in [0.2, 0.25) is 0 Å². The summed E-state index contributed by atoms with van der Waals surface area (Å²) in [5.41, 5.74) is 11.7. The SMILES string of the molecule is C=C=C(N)c1nc(N(C)CC)cc2c1CN(c1cccc(-c3nnc(C)n3CC)n1)C2=O. The van der Waals surface area contributed by atoms with Gasteiger partial charge < -0.3 is 15.2 Å². The van der Waals surface area contributed by atoms with E-state index in [4.69, 9.17) is 10.7 Å². The quantitative estimate of drug-likeness (QED) is 0.599. The second kappa shape index (κ2) is 8.28. The van der Waals surface area contributed by atoms with Crippen LogP contribution in [-0.4, -0.2) is 44.2 Å². The first-order valence-electron chi connectivity index (χ1n) is 10.5. The topological polar surface area (TPSA) is 106 Å². The maximum Gasteiger partial charge on any atom is 0.260 e. The minimum absolute atomic E-state index is 0.149. The van der Waals surface area contributed by atoms with Crippen molar-refractivity contribution in [2.24, 2.45) is 5.73 Å². The Morgan fingerprint density at radius 1 is 1.28 bits per heavy atom. The number of hydrogen-bond acceptors (Lipinski definition) is 7. The van der Waals surface area contributed by atoms with Gasteiger partial charge in [0.25, 0.3) is 5.91 Å². The van der Waals surface area contributed by atoms with Crippen molar-refractivity contribution in [2.45, 2.75) is 33.9 Å². The van der Waals surface area contributed by atoms with Crippen molar-refractivity contribution in [1.82, 2.24) is 24.7 Å². The Hall–Kier alpha value is -3.97. The maximum atomic E-state index is 13.4. The van der Waals surface area contributed by atoms with E-state index in [0.29, 0.717) is 46.7 Å². The van der Waals surface area contributed by atoms with Crippen LogP contribution in [-0.2, 0) is 13.1 Å². The normalized spacial score (nSPS) is 12.6. The highest BCUT2D eigenvalue weighted by molar-refractivity contribution is 6.10. The average molecular weight is 431 g/mol. The number of aromatic nitrogens is 5. The van der Waals surface area contributed by atoms with Crippen molar-refractivity contribution in [3.05, 3.63) is 59.2 Å². The second-order valence-corrected chi connectivity index (χ2v) is 7.55. The number of nitrogens with two attached hydrogens (primary N) is 1. The van der Waals surface area contributed by atoms with Gasteiger partial charge in [-0.05, 0) is 39.0 Å². The zero-order valence-corrected chi connectivity index (χ0v) is 18.8. The number of fused-ring (bicyclic) bond motifs is 1. The molecule has 9 heteroatoms. The highest BCUT2D eigenvalue weighted by Gasteiger charge is 2.34. The van der Waals surface area contributed by atoms with Crippen LogP contribution >= 0.6 is 0 Å². The zero-order valence-electron chi connectivity index (χ0n) is 18.8. The van der Waals surface area contributed by atoms with Gasteiger partial charge in [0.15, 0.2) is 5.82 Å². The smallest absolute Gasteiger partial charge is 0.260 e. The molecule has 0 spiro atoms. The summed E-state index contributed by atoms with van der Waals surface area (Å²) >= 11 is 0. The first-order valence-corrected chi connectivity index (χ1v) is 10.5. The summed E-state index contributed by atoms with van der Waals surface area (Å²) in [6.45, 7) is 11.4. The van der Waals surface area contributed by atoms with Crippen LogP contribution < -0.4 is 15.5 Å². The molecule has 164 valence electrons. The Labute approximate surface area is 186 Å². The molecule has 32 heavy (non-hydrogen) atoms. The molecule has 1 aliphatic rings. The van der Waals surface area contributed by atoms with Crippen LogP contribution in [0.5, 0.6) is 0 Å². The summed E-state index contributed by atoms with van der Waals surface area (Å²) in [5.74, 6) is 2.54. The third-order valence-corrected chi connectivity index (χ3v) is 5.71. The van der Waals surface area contributed by atoms with Crippen LogP contribution in [0.4, 0.5) is 11.6 Å². The van der Waals surface area contributed by atoms with Crippen molar-refractivity contribution in [2.75, 3.05) is 23.4 Å². The largest absolute Gasteiger partial charge is 0.391 e. The van der Waals surface area contributed by atoms with Crippen molar-refractivity contribution >= 4 is 23.2 Å². The van der Waals surface area contributed by atoms with Gasteiger partial charge in [-0.25, -0.2) is 9.97 Å². The number of carbonyl (C=O) groups is 1. The van der Waals surface area contributed by atoms with Crippen LogP contribution in [0.2, 0.25) is 0 Å². The van der Waals surface area contributed by atoms with Gasteiger partial charge in [-0.15, -0.1) is 15.9 Å². The molecule has 0 saturated heterocycles. The summed E-state index contributed by atoms with van der Waals surface area (Å²) in [6.07, 6.45) is 0. The predicted molar refractivity (Wildman–Crippen MR) is 124 cm³/mol. The minimum atomic E-state index is -0.149. The molecule has 0 radical (unpaired) electrons. The summed E-state index contributed by atoms with van der Waals surface area (Å²) in [7, 11) is 1.92. The van der Waals surface area contributed by atoms with Gasteiger partial charge >= 0.3 is 0 Å². The lowest BCUT2D eigenvalue weighted by Crippen LogP contribution is -2.24. The number of carbonyl (C=O) groups excluding carboxylic acids is 1. The number of pyridine rings is 2. The molecule has 4 heterocycles. The van der Waals surface area contributed by atoms with Crippen LogP contribution in [0, 0.1) is 6.92 Å². The number of anilines is 2. The van der Waals surface area contributed by atoms with Crippen molar-refractivity contribution < 1.29 is 4.79 Å². The summed E-state index contributed by atoms with van der Waals surface area (Å²) in [5, 5.41) is 8.43. The number of nitrogens with zero attached hydrogens (tertiary/aromatic N) is 7. The zero-order chi connectivity index (χ0) is 23.0. The summed E-state index contributed by atoms with van der Waals surface area (Å²) < 4.78 is 1.98. The van der Waals surface area contributed by atoms with E-state index >= 15 is 0 Å². The number of aryl methyl sites for hydroxylation is 1. The molecule has 4 rings (SSSR count). The van der Waals surface area contributed by atoms with Crippen LogP contribution in [0.25, 0.3) is 17.2 Å². The molecule has 9 nitrogen and oxygen atoms in total. The fraction of sp³-hybridized carbons (Fsp3) is 0.304. The molecular weight excluding hydrogens is 404 g/mol. The molecular formula is C23H26N8O. The predicted octanol–water partition coefficient (Wildman–Crippen LogP) is 2.76. The van der Waals surface area contributed by atoms with E-state index in [0.717, 1.165) is 24.5 Å². The fourth-order valence-electron chi connectivity index (χ4n) is 3.78. The Balaban J connectivity index is 1.78. The third kappa shape index (κ3) is 3.42. The van der Waals surface area contributed by atoms with Crippen molar-refractivity contribution in [3.8, 4) is 11.5 Å². The Morgan fingerprint density at radius 3 is 2.75 bits per heavy atom. The fourth-order valence-corrected chi connectivity index (χ4v) is 3.78. The second-order valence-electron chi connectivity index (χ2n) is 7.55. The van der Waals surface area contributed by atoms with Gasteiger partial charge in [-0.3, -0.25) is 9.69 Å². The van der Waals surface area contributed by atoms with E-state index in [1.807, 2.05) is 61.6 Å². The molecule has 0 saturated carbocycles. The third-order valence-electron chi connectivity index (χ3n) is 5.71. The summed E-state index contributed by atoms with van der Waals surface area (Å²) in [6, 6.07) is 7.35. The molecule has 1 aliphatic heterocycles. The van der Waals surface area contributed by atoms with E-state index in [2.05, 4.69) is 27.5 Å². The Morgan fingerprint density at radius 2 is 2.06 bits per heavy atom. The average Bonchev–Trinajstić information content (AvgIpc) is 3.36. The lowest BCUT2D eigenvalue weighted by molar-refractivity contribution is 0.0996. The van der Waals surface area contributed by atoms with E-state index in [1.165, 1.54) is 0 Å². The lowest BCUT2D eigenvalue weighted by Gasteiger charge is -2.17. The molecule has 0 fully saturated rings. The number of hydrogen-bond donors (Lipinski definition) is 1. The van der Waals surface area contributed by atoms with E-state index in [9.17, 15) is 4.79 Å². The standard InChI is InChI=1S/C23H26N8O/c1-6-17(24)21-16-13-31(23(32)15(16)12-20(26-21)29(5)7-2)19-11-9-10-18(25-19)22-28-27-14(4)30(22)8-3/h9-12H,1,7-8,13,24H2,2-5H3. The van der Waals surface area contributed by atoms with Crippen LogP contribution in [0.15, 0.2) is 36.6 Å².